The molecule has 0 atom stereocenters. The largest absolute Gasteiger partial charge is 0.494 e. The summed E-state index contributed by atoms with van der Waals surface area (Å²) in [5.74, 6) is 0.809. The van der Waals surface area contributed by atoms with Gasteiger partial charge in [0.05, 0.1) is 6.61 Å². The summed E-state index contributed by atoms with van der Waals surface area (Å²) in [7, 11) is 0. The van der Waals surface area contributed by atoms with E-state index in [0.717, 1.165) is 31.4 Å². The van der Waals surface area contributed by atoms with E-state index in [0.29, 0.717) is 43.6 Å². The van der Waals surface area contributed by atoms with Crippen LogP contribution >= 0.6 is 11.6 Å². The fraction of sp³-hybridized carbons (Fsp3) is 0.636. The summed E-state index contributed by atoms with van der Waals surface area (Å²) in [6.45, 7) is 1.89. The zero-order valence-electron chi connectivity index (χ0n) is 17.0. The number of piperidine rings is 1. The summed E-state index contributed by atoms with van der Waals surface area (Å²) in [5, 5.41) is 6.94. The van der Waals surface area contributed by atoms with Crippen LogP contribution in [-0.2, 0) is 4.79 Å². The Kier molecular flexibility index (Phi) is 8.47. The van der Waals surface area contributed by atoms with Crippen LogP contribution in [0.25, 0.3) is 0 Å². The second kappa shape index (κ2) is 11.3. The van der Waals surface area contributed by atoms with Gasteiger partial charge in [-0.05, 0) is 56.4 Å². The maximum absolute atomic E-state index is 12.4. The van der Waals surface area contributed by atoms with E-state index in [1.807, 2.05) is 17.0 Å². The van der Waals surface area contributed by atoms with Gasteiger partial charge in [-0.1, -0.05) is 30.9 Å². The SMILES string of the molecule is O=C(CCCOc1ccc(Cl)cc1)NC1CCN(C(=O)NC2CCCCC2)CC1. The number of benzene rings is 1. The number of nitrogens with one attached hydrogen (secondary N) is 2. The molecule has 1 heterocycles. The van der Waals surface area contributed by atoms with Gasteiger partial charge in [-0.3, -0.25) is 4.79 Å². The normalized spacial score (nSPS) is 18.3. The van der Waals surface area contributed by atoms with Gasteiger partial charge in [-0.2, -0.15) is 0 Å². The maximum atomic E-state index is 12.4. The maximum Gasteiger partial charge on any atom is 0.317 e. The lowest BCUT2D eigenvalue weighted by Crippen LogP contribution is -2.51. The van der Waals surface area contributed by atoms with Crippen LogP contribution in [0.3, 0.4) is 0 Å². The van der Waals surface area contributed by atoms with Gasteiger partial charge >= 0.3 is 6.03 Å². The summed E-state index contributed by atoms with van der Waals surface area (Å²) < 4.78 is 5.61. The molecule has 1 aliphatic heterocycles. The van der Waals surface area contributed by atoms with E-state index >= 15 is 0 Å². The minimum atomic E-state index is 0.0508. The zero-order valence-corrected chi connectivity index (χ0v) is 17.8. The lowest BCUT2D eigenvalue weighted by Gasteiger charge is -2.34. The van der Waals surface area contributed by atoms with Crippen LogP contribution in [0.1, 0.15) is 57.8 Å². The molecule has 2 aliphatic rings. The molecule has 0 bridgehead atoms. The van der Waals surface area contributed by atoms with Crippen LogP contribution in [0.2, 0.25) is 5.02 Å². The molecule has 7 heteroatoms. The van der Waals surface area contributed by atoms with Crippen molar-refractivity contribution in [3.63, 3.8) is 0 Å². The molecule has 0 aromatic heterocycles. The van der Waals surface area contributed by atoms with Gasteiger partial charge in [0.1, 0.15) is 5.75 Å². The molecule has 1 aromatic rings. The van der Waals surface area contributed by atoms with Gasteiger partial charge in [-0.25, -0.2) is 4.79 Å². The van der Waals surface area contributed by atoms with E-state index < -0.39 is 0 Å². The molecule has 160 valence electrons. The van der Waals surface area contributed by atoms with Crippen molar-refractivity contribution in [2.24, 2.45) is 0 Å². The van der Waals surface area contributed by atoms with Crippen molar-refractivity contribution < 1.29 is 14.3 Å². The molecular formula is C22H32ClN3O3. The van der Waals surface area contributed by atoms with Gasteiger partial charge in [0.25, 0.3) is 0 Å². The topological polar surface area (TPSA) is 70.7 Å². The van der Waals surface area contributed by atoms with Gasteiger partial charge < -0.3 is 20.3 Å². The number of ether oxygens (including phenoxy) is 1. The summed E-state index contributed by atoms with van der Waals surface area (Å²) >= 11 is 5.84. The van der Waals surface area contributed by atoms with E-state index in [9.17, 15) is 9.59 Å². The number of rotatable bonds is 7. The molecule has 2 fully saturated rings. The lowest BCUT2D eigenvalue weighted by molar-refractivity contribution is -0.122. The Hall–Kier alpha value is -1.95. The highest BCUT2D eigenvalue weighted by atomic mass is 35.5. The van der Waals surface area contributed by atoms with Crippen LogP contribution in [0, 0.1) is 0 Å². The number of hydrogen-bond donors (Lipinski definition) is 2. The van der Waals surface area contributed by atoms with E-state index in [4.69, 9.17) is 16.3 Å². The van der Waals surface area contributed by atoms with Gasteiger partial charge in [0.2, 0.25) is 5.91 Å². The summed E-state index contributed by atoms with van der Waals surface area (Å²) in [6.07, 6.45) is 8.63. The van der Waals surface area contributed by atoms with Crippen molar-refractivity contribution >= 4 is 23.5 Å². The summed E-state index contributed by atoms with van der Waals surface area (Å²) in [4.78, 5) is 26.5. The monoisotopic (exact) mass is 421 g/mol. The molecule has 0 unspecified atom stereocenters. The highest BCUT2D eigenvalue weighted by Crippen LogP contribution is 2.19. The zero-order chi connectivity index (χ0) is 20.5. The molecule has 1 aromatic carbocycles. The van der Waals surface area contributed by atoms with Gasteiger partial charge in [-0.15, -0.1) is 0 Å². The van der Waals surface area contributed by atoms with Crippen LogP contribution in [0.15, 0.2) is 24.3 Å². The second-order valence-electron chi connectivity index (χ2n) is 8.02. The molecule has 1 saturated carbocycles. The Balaban J connectivity index is 1.27. The summed E-state index contributed by atoms with van der Waals surface area (Å²) in [6, 6.07) is 7.75. The standard InChI is InChI=1S/C22H32ClN3O3/c23-17-8-10-20(11-9-17)29-16-4-7-21(27)24-19-12-14-26(15-13-19)22(28)25-18-5-2-1-3-6-18/h8-11,18-19H,1-7,12-16H2,(H,24,27)(H,25,28). The Labute approximate surface area is 178 Å². The predicted octanol–water partition coefficient (Wildman–Crippen LogP) is 4.12. The van der Waals surface area contributed by atoms with Crippen LogP contribution in [0.5, 0.6) is 5.75 Å². The average Bonchev–Trinajstić information content (AvgIpc) is 2.74. The third kappa shape index (κ3) is 7.42. The number of nitrogens with zero attached hydrogens (tertiary/aromatic N) is 1. The van der Waals surface area contributed by atoms with Crippen molar-refractivity contribution in [1.29, 1.82) is 0 Å². The van der Waals surface area contributed by atoms with Crippen molar-refractivity contribution in [1.82, 2.24) is 15.5 Å². The van der Waals surface area contributed by atoms with Crippen LogP contribution < -0.4 is 15.4 Å². The molecule has 2 N–H and O–H groups in total. The Morgan fingerprint density at radius 2 is 1.62 bits per heavy atom. The molecule has 0 spiro atoms. The fourth-order valence-electron chi connectivity index (χ4n) is 3.99. The first-order valence-electron chi connectivity index (χ1n) is 10.8. The molecule has 1 aliphatic carbocycles. The summed E-state index contributed by atoms with van der Waals surface area (Å²) in [5.41, 5.74) is 0. The second-order valence-corrected chi connectivity index (χ2v) is 8.46. The van der Waals surface area contributed by atoms with E-state index in [2.05, 4.69) is 10.6 Å². The van der Waals surface area contributed by atoms with Gasteiger partial charge in [0, 0.05) is 36.6 Å². The smallest absolute Gasteiger partial charge is 0.317 e. The molecule has 0 radical (unpaired) electrons. The third-order valence-corrected chi connectivity index (χ3v) is 5.96. The Morgan fingerprint density at radius 3 is 2.31 bits per heavy atom. The molecule has 3 rings (SSSR count). The van der Waals surface area contributed by atoms with E-state index in [-0.39, 0.29) is 18.0 Å². The Morgan fingerprint density at radius 1 is 0.966 bits per heavy atom. The number of carbonyl (C=O) groups is 2. The molecular weight excluding hydrogens is 390 g/mol. The minimum absolute atomic E-state index is 0.0508. The highest BCUT2D eigenvalue weighted by Gasteiger charge is 2.25. The first-order valence-corrected chi connectivity index (χ1v) is 11.2. The number of halogens is 1. The number of amides is 3. The molecule has 3 amide bonds. The minimum Gasteiger partial charge on any atom is -0.494 e. The van der Waals surface area contributed by atoms with Crippen molar-refractivity contribution in [2.45, 2.75) is 69.9 Å². The van der Waals surface area contributed by atoms with Crippen molar-refractivity contribution in [2.75, 3.05) is 19.7 Å². The quantitative estimate of drug-likeness (QED) is 0.650. The highest BCUT2D eigenvalue weighted by molar-refractivity contribution is 6.30. The number of urea groups is 1. The number of carbonyl (C=O) groups excluding carboxylic acids is 2. The number of likely N-dealkylation sites (tertiary alicyclic amines) is 1. The fourth-order valence-corrected chi connectivity index (χ4v) is 4.12. The first kappa shape index (κ1) is 21.8. The predicted molar refractivity (Wildman–Crippen MR) is 114 cm³/mol. The molecule has 1 saturated heterocycles. The van der Waals surface area contributed by atoms with Crippen molar-refractivity contribution in [3.05, 3.63) is 29.3 Å². The van der Waals surface area contributed by atoms with Crippen molar-refractivity contribution in [3.8, 4) is 5.75 Å². The molecule has 6 nitrogen and oxygen atoms in total. The van der Waals surface area contributed by atoms with E-state index in [1.165, 1.54) is 19.3 Å². The Bertz CT molecular complexity index is 654. The van der Waals surface area contributed by atoms with E-state index in [1.54, 1.807) is 12.1 Å². The molecule has 29 heavy (non-hydrogen) atoms. The van der Waals surface area contributed by atoms with Gasteiger partial charge in [0.15, 0.2) is 0 Å². The van der Waals surface area contributed by atoms with Crippen LogP contribution in [0.4, 0.5) is 4.79 Å². The third-order valence-electron chi connectivity index (χ3n) is 5.71. The van der Waals surface area contributed by atoms with Crippen LogP contribution in [-0.4, -0.2) is 48.6 Å². The first-order chi connectivity index (χ1) is 14.1. The lowest BCUT2D eigenvalue weighted by atomic mass is 9.95. The number of hydrogen-bond acceptors (Lipinski definition) is 3. The average molecular weight is 422 g/mol.